The molecular weight excluding hydrogens is 222 g/mol. The van der Waals surface area contributed by atoms with Gasteiger partial charge in [-0.1, -0.05) is 30.3 Å². The number of rotatable bonds is 5. The van der Waals surface area contributed by atoms with Crippen molar-refractivity contribution in [1.82, 2.24) is 0 Å². The van der Waals surface area contributed by atoms with E-state index in [0.29, 0.717) is 6.04 Å². The average molecular weight is 244 g/mol. The maximum atomic E-state index is 5.43. The third-order valence-electron chi connectivity index (χ3n) is 3.36. The summed E-state index contributed by atoms with van der Waals surface area (Å²) in [5.74, 6) is 1.07. The van der Waals surface area contributed by atoms with Crippen LogP contribution in [0.2, 0.25) is 0 Å². The number of aryl methyl sites for hydroxylation is 1. The van der Waals surface area contributed by atoms with Gasteiger partial charge in [0.2, 0.25) is 0 Å². The van der Waals surface area contributed by atoms with Gasteiger partial charge in [0.25, 0.3) is 0 Å². The highest BCUT2D eigenvalue weighted by atomic mass is 16.3. The minimum absolute atomic E-state index is 0.497. The molecule has 0 fully saturated rings. The van der Waals surface area contributed by atoms with Crippen LogP contribution in [0.4, 0.5) is 0 Å². The van der Waals surface area contributed by atoms with Crippen molar-refractivity contribution in [2.75, 3.05) is 21.1 Å². The molecule has 0 N–H and O–H groups in total. The van der Waals surface area contributed by atoms with E-state index in [4.69, 9.17) is 4.42 Å². The number of benzene rings is 1. The molecule has 2 heteroatoms. The molecule has 2 aromatic rings. The monoisotopic (exact) mass is 244 g/mol. The minimum atomic E-state index is 0.497. The summed E-state index contributed by atoms with van der Waals surface area (Å²) in [4.78, 5) is 0. The third kappa shape index (κ3) is 3.23. The summed E-state index contributed by atoms with van der Waals surface area (Å²) < 4.78 is 6.36. The van der Waals surface area contributed by atoms with Crippen LogP contribution in [0.25, 0.3) is 0 Å². The second kappa shape index (κ2) is 5.40. The predicted octanol–water partition coefficient (Wildman–Crippen LogP) is 3.66. The Labute approximate surface area is 109 Å². The molecule has 0 spiro atoms. The van der Waals surface area contributed by atoms with Gasteiger partial charge in [0.05, 0.1) is 27.4 Å². The Morgan fingerprint density at radius 1 is 1.00 bits per heavy atom. The van der Waals surface area contributed by atoms with Gasteiger partial charge < -0.3 is 8.90 Å². The number of quaternary nitrogens is 1. The van der Waals surface area contributed by atoms with Gasteiger partial charge in [-0.25, -0.2) is 0 Å². The first-order chi connectivity index (χ1) is 8.57. The fourth-order valence-corrected chi connectivity index (χ4v) is 2.41. The molecule has 0 aliphatic carbocycles. The van der Waals surface area contributed by atoms with Crippen LogP contribution in [0.5, 0.6) is 0 Å². The Bertz CT molecular complexity index is 454. The van der Waals surface area contributed by atoms with Gasteiger partial charge in [-0.2, -0.15) is 0 Å². The quantitative estimate of drug-likeness (QED) is 0.732. The zero-order chi connectivity index (χ0) is 13.0. The molecule has 0 saturated carbocycles. The van der Waals surface area contributed by atoms with Crippen LogP contribution < -0.4 is 0 Å². The largest absolute Gasteiger partial charge is 0.469 e. The molecule has 1 heterocycles. The second-order valence-electron chi connectivity index (χ2n) is 5.66. The van der Waals surface area contributed by atoms with E-state index in [1.54, 1.807) is 6.26 Å². The molecule has 0 aliphatic rings. The molecule has 18 heavy (non-hydrogen) atoms. The topological polar surface area (TPSA) is 13.1 Å². The lowest BCUT2D eigenvalue weighted by molar-refractivity contribution is -0.902. The van der Waals surface area contributed by atoms with Crippen LogP contribution in [0.15, 0.2) is 53.1 Å². The zero-order valence-electron chi connectivity index (χ0n) is 11.5. The van der Waals surface area contributed by atoms with Crippen molar-refractivity contribution in [3.8, 4) is 0 Å². The van der Waals surface area contributed by atoms with Gasteiger partial charge >= 0.3 is 0 Å². The summed E-state index contributed by atoms with van der Waals surface area (Å²) in [5, 5.41) is 0. The van der Waals surface area contributed by atoms with Gasteiger partial charge in [0, 0.05) is 18.4 Å². The SMILES string of the molecule is C[N+](C)(C)C(CCc1ccco1)c1ccccc1. The summed E-state index contributed by atoms with van der Waals surface area (Å²) in [6.07, 6.45) is 3.84. The first kappa shape index (κ1) is 12.9. The van der Waals surface area contributed by atoms with Crippen LogP contribution in [-0.2, 0) is 6.42 Å². The highest BCUT2D eigenvalue weighted by Crippen LogP contribution is 2.28. The number of nitrogens with zero attached hydrogens (tertiary/aromatic N) is 1. The molecule has 1 atom stereocenters. The van der Waals surface area contributed by atoms with Crippen LogP contribution in [0, 0.1) is 0 Å². The predicted molar refractivity (Wildman–Crippen MR) is 74.2 cm³/mol. The van der Waals surface area contributed by atoms with Crippen molar-refractivity contribution in [2.24, 2.45) is 0 Å². The Morgan fingerprint density at radius 3 is 2.28 bits per heavy atom. The molecule has 1 aromatic carbocycles. The second-order valence-corrected chi connectivity index (χ2v) is 5.66. The number of hydrogen-bond donors (Lipinski definition) is 0. The van der Waals surface area contributed by atoms with Crippen LogP contribution in [-0.4, -0.2) is 25.6 Å². The van der Waals surface area contributed by atoms with Gasteiger partial charge in [0.15, 0.2) is 0 Å². The lowest BCUT2D eigenvalue weighted by Gasteiger charge is -2.34. The lowest BCUT2D eigenvalue weighted by Crippen LogP contribution is -2.39. The normalized spacial score (nSPS) is 13.5. The van der Waals surface area contributed by atoms with Crippen molar-refractivity contribution in [1.29, 1.82) is 0 Å². The van der Waals surface area contributed by atoms with Crippen LogP contribution in [0.1, 0.15) is 23.8 Å². The van der Waals surface area contributed by atoms with Crippen LogP contribution in [0.3, 0.4) is 0 Å². The first-order valence-corrected chi connectivity index (χ1v) is 6.46. The summed E-state index contributed by atoms with van der Waals surface area (Å²) in [5.41, 5.74) is 1.40. The molecule has 1 unspecified atom stereocenters. The van der Waals surface area contributed by atoms with E-state index >= 15 is 0 Å². The molecular formula is C16H22NO+. The van der Waals surface area contributed by atoms with Crippen molar-refractivity contribution < 1.29 is 8.90 Å². The number of hydrogen-bond acceptors (Lipinski definition) is 1. The smallest absolute Gasteiger partial charge is 0.114 e. The van der Waals surface area contributed by atoms with Gasteiger partial charge in [-0.3, -0.25) is 0 Å². The lowest BCUT2D eigenvalue weighted by atomic mass is 9.99. The van der Waals surface area contributed by atoms with Gasteiger partial charge in [0.1, 0.15) is 11.8 Å². The molecule has 0 radical (unpaired) electrons. The average Bonchev–Trinajstić information content (AvgIpc) is 2.82. The van der Waals surface area contributed by atoms with E-state index in [1.165, 1.54) is 5.56 Å². The molecule has 2 nitrogen and oxygen atoms in total. The molecule has 96 valence electrons. The minimum Gasteiger partial charge on any atom is -0.469 e. The van der Waals surface area contributed by atoms with E-state index in [0.717, 1.165) is 23.1 Å². The van der Waals surface area contributed by atoms with E-state index < -0.39 is 0 Å². The van der Waals surface area contributed by atoms with Crippen molar-refractivity contribution in [2.45, 2.75) is 18.9 Å². The van der Waals surface area contributed by atoms with E-state index in [9.17, 15) is 0 Å². The van der Waals surface area contributed by atoms with Crippen molar-refractivity contribution in [3.05, 3.63) is 60.1 Å². The molecule has 0 saturated heterocycles. The summed E-state index contributed by atoms with van der Waals surface area (Å²) in [7, 11) is 6.75. The van der Waals surface area contributed by atoms with Crippen LogP contribution >= 0.6 is 0 Å². The molecule has 2 rings (SSSR count). The molecule has 0 bridgehead atoms. The fourth-order valence-electron chi connectivity index (χ4n) is 2.41. The molecule has 1 aromatic heterocycles. The first-order valence-electron chi connectivity index (χ1n) is 6.46. The highest BCUT2D eigenvalue weighted by molar-refractivity contribution is 5.17. The number of furan rings is 1. The van der Waals surface area contributed by atoms with Gasteiger partial charge in [-0.05, 0) is 12.1 Å². The Hall–Kier alpha value is -1.54. The zero-order valence-corrected chi connectivity index (χ0v) is 11.5. The highest BCUT2D eigenvalue weighted by Gasteiger charge is 2.25. The summed E-state index contributed by atoms with van der Waals surface area (Å²) in [6, 6.07) is 15.2. The third-order valence-corrected chi connectivity index (χ3v) is 3.36. The Kier molecular flexibility index (Phi) is 3.87. The Balaban J connectivity index is 2.12. The summed E-state index contributed by atoms with van der Waals surface area (Å²) >= 11 is 0. The van der Waals surface area contributed by atoms with Gasteiger partial charge in [-0.15, -0.1) is 0 Å². The Morgan fingerprint density at radius 2 is 1.72 bits per heavy atom. The van der Waals surface area contributed by atoms with E-state index in [-0.39, 0.29) is 0 Å². The molecule has 0 amide bonds. The van der Waals surface area contributed by atoms with Crippen molar-refractivity contribution >= 4 is 0 Å². The fraction of sp³-hybridized carbons (Fsp3) is 0.375. The van der Waals surface area contributed by atoms with E-state index in [2.05, 4.69) is 57.5 Å². The van der Waals surface area contributed by atoms with Crippen molar-refractivity contribution in [3.63, 3.8) is 0 Å². The maximum Gasteiger partial charge on any atom is 0.114 e. The summed E-state index contributed by atoms with van der Waals surface area (Å²) in [6.45, 7) is 0. The maximum absolute atomic E-state index is 5.43. The van der Waals surface area contributed by atoms with E-state index in [1.807, 2.05) is 6.07 Å². The standard InChI is InChI=1S/C16H22NO/c1-17(2,3)16(14-8-5-4-6-9-14)12-11-15-10-7-13-18-15/h4-10,13,16H,11-12H2,1-3H3/q+1. The molecule has 0 aliphatic heterocycles.